The highest BCUT2D eigenvalue weighted by Crippen LogP contribution is 2.25. The lowest BCUT2D eigenvalue weighted by Crippen LogP contribution is -2.57. The molecule has 0 unspecified atom stereocenters. The normalized spacial score (nSPS) is 17.0. The predicted octanol–water partition coefficient (Wildman–Crippen LogP) is 1.87. The molecule has 0 bridgehead atoms. The maximum atomic E-state index is 12.9. The number of methoxy groups -OCH3 is 1. The average Bonchev–Trinajstić information content (AvgIpc) is 2.47. The fraction of sp³-hybridized carbons (Fsp3) is 0.562. The van der Waals surface area contributed by atoms with Crippen molar-refractivity contribution in [3.05, 3.63) is 29.3 Å². The third kappa shape index (κ3) is 2.86. The fourth-order valence-corrected chi connectivity index (χ4v) is 2.71. The van der Waals surface area contributed by atoms with Crippen LogP contribution >= 0.6 is 0 Å². The van der Waals surface area contributed by atoms with Crippen LogP contribution in [0.3, 0.4) is 0 Å². The van der Waals surface area contributed by atoms with Crippen molar-refractivity contribution in [1.29, 1.82) is 0 Å². The number of nitrogens with one attached hydrogen (secondary N) is 1. The largest absolute Gasteiger partial charge is 0.497 e. The van der Waals surface area contributed by atoms with Gasteiger partial charge in [0, 0.05) is 31.7 Å². The highest BCUT2D eigenvalue weighted by Gasteiger charge is 2.36. The number of Topliss-reactive ketones (excluding diaryl/α,β-unsaturated/α-hetero) is 1. The Morgan fingerprint density at radius 2 is 1.95 bits per heavy atom. The SMILES string of the molecule is COc1ccc(C(=O)C(C)(C)N2CCNCC2)c(C)c1. The van der Waals surface area contributed by atoms with Crippen LogP contribution in [0.4, 0.5) is 0 Å². The highest BCUT2D eigenvalue weighted by molar-refractivity contribution is 6.03. The number of nitrogens with zero attached hydrogens (tertiary/aromatic N) is 1. The minimum absolute atomic E-state index is 0.180. The summed E-state index contributed by atoms with van der Waals surface area (Å²) in [5.74, 6) is 0.971. The molecule has 1 heterocycles. The molecule has 1 fully saturated rings. The molecule has 2 rings (SSSR count). The Labute approximate surface area is 121 Å². The highest BCUT2D eigenvalue weighted by atomic mass is 16.5. The Bertz CT molecular complexity index is 491. The van der Waals surface area contributed by atoms with Gasteiger partial charge in [-0.25, -0.2) is 0 Å². The first kappa shape index (κ1) is 15.0. The summed E-state index contributed by atoms with van der Waals surface area (Å²) in [6.45, 7) is 9.71. The first-order chi connectivity index (χ1) is 9.46. The topological polar surface area (TPSA) is 41.6 Å². The first-order valence-corrected chi connectivity index (χ1v) is 7.12. The number of piperazine rings is 1. The first-order valence-electron chi connectivity index (χ1n) is 7.12. The van der Waals surface area contributed by atoms with Crippen molar-refractivity contribution in [3.63, 3.8) is 0 Å². The summed E-state index contributed by atoms with van der Waals surface area (Å²) >= 11 is 0. The van der Waals surface area contributed by atoms with E-state index in [1.165, 1.54) is 0 Å². The van der Waals surface area contributed by atoms with Crippen molar-refractivity contribution >= 4 is 5.78 Å². The zero-order valence-electron chi connectivity index (χ0n) is 12.8. The van der Waals surface area contributed by atoms with E-state index in [1.807, 2.05) is 39.0 Å². The minimum Gasteiger partial charge on any atom is -0.497 e. The molecular formula is C16H24N2O2. The predicted molar refractivity (Wildman–Crippen MR) is 80.6 cm³/mol. The van der Waals surface area contributed by atoms with E-state index in [4.69, 9.17) is 4.74 Å². The zero-order valence-corrected chi connectivity index (χ0v) is 12.8. The molecule has 1 saturated heterocycles. The van der Waals surface area contributed by atoms with Crippen LogP contribution in [0.25, 0.3) is 0 Å². The van der Waals surface area contributed by atoms with Crippen LogP contribution in [-0.2, 0) is 0 Å². The molecule has 110 valence electrons. The second-order valence-electron chi connectivity index (χ2n) is 5.81. The summed E-state index contributed by atoms with van der Waals surface area (Å²) in [5, 5.41) is 3.32. The molecule has 4 nitrogen and oxygen atoms in total. The van der Waals surface area contributed by atoms with E-state index in [0.717, 1.165) is 43.1 Å². The Hall–Kier alpha value is -1.39. The van der Waals surface area contributed by atoms with Crippen LogP contribution in [0.15, 0.2) is 18.2 Å². The van der Waals surface area contributed by atoms with Crippen LogP contribution in [0.5, 0.6) is 5.75 Å². The number of ether oxygens (including phenoxy) is 1. The molecule has 1 N–H and O–H groups in total. The molecule has 0 aromatic heterocycles. The zero-order chi connectivity index (χ0) is 14.8. The summed E-state index contributed by atoms with van der Waals surface area (Å²) in [6.07, 6.45) is 0. The molecule has 20 heavy (non-hydrogen) atoms. The molecule has 1 aliphatic rings. The van der Waals surface area contributed by atoms with Crippen LogP contribution in [0, 0.1) is 6.92 Å². The number of hydrogen-bond donors (Lipinski definition) is 1. The van der Waals surface area contributed by atoms with Gasteiger partial charge < -0.3 is 10.1 Å². The molecule has 1 aromatic rings. The van der Waals surface area contributed by atoms with Gasteiger partial charge in [-0.2, -0.15) is 0 Å². The van der Waals surface area contributed by atoms with Crippen molar-refractivity contribution in [2.45, 2.75) is 26.3 Å². The fourth-order valence-electron chi connectivity index (χ4n) is 2.71. The standard InChI is InChI=1S/C16H24N2O2/c1-12-11-13(20-4)5-6-14(12)15(19)16(2,3)18-9-7-17-8-10-18/h5-6,11,17H,7-10H2,1-4H3. The van der Waals surface area contributed by atoms with Gasteiger partial charge in [0.1, 0.15) is 5.75 Å². The smallest absolute Gasteiger partial charge is 0.182 e. The van der Waals surface area contributed by atoms with Crippen molar-refractivity contribution in [2.24, 2.45) is 0 Å². The van der Waals surface area contributed by atoms with Gasteiger partial charge in [-0.3, -0.25) is 9.69 Å². The molecule has 0 spiro atoms. The maximum Gasteiger partial charge on any atom is 0.182 e. The maximum absolute atomic E-state index is 12.9. The second kappa shape index (κ2) is 5.94. The Morgan fingerprint density at radius 1 is 1.30 bits per heavy atom. The molecule has 0 amide bonds. The Morgan fingerprint density at radius 3 is 2.50 bits per heavy atom. The summed E-state index contributed by atoms with van der Waals surface area (Å²) in [4.78, 5) is 15.1. The van der Waals surface area contributed by atoms with E-state index >= 15 is 0 Å². The summed E-state index contributed by atoms with van der Waals surface area (Å²) in [6, 6.07) is 5.65. The van der Waals surface area contributed by atoms with Gasteiger partial charge in [-0.15, -0.1) is 0 Å². The molecule has 0 radical (unpaired) electrons. The number of carbonyl (C=O) groups is 1. The van der Waals surface area contributed by atoms with Crippen LogP contribution in [0.2, 0.25) is 0 Å². The van der Waals surface area contributed by atoms with Gasteiger partial charge in [0.15, 0.2) is 5.78 Å². The third-order valence-corrected chi connectivity index (χ3v) is 4.14. The van der Waals surface area contributed by atoms with Crippen molar-refractivity contribution < 1.29 is 9.53 Å². The molecule has 0 aliphatic carbocycles. The van der Waals surface area contributed by atoms with Gasteiger partial charge in [0.05, 0.1) is 12.6 Å². The quantitative estimate of drug-likeness (QED) is 0.853. The molecule has 4 heteroatoms. The van der Waals surface area contributed by atoms with Gasteiger partial charge in [-0.05, 0) is 44.5 Å². The second-order valence-corrected chi connectivity index (χ2v) is 5.81. The van der Waals surface area contributed by atoms with Crippen molar-refractivity contribution in [2.75, 3.05) is 33.3 Å². The lowest BCUT2D eigenvalue weighted by molar-refractivity contribution is 0.0602. The number of carbonyl (C=O) groups excluding carboxylic acids is 1. The average molecular weight is 276 g/mol. The van der Waals surface area contributed by atoms with Crippen molar-refractivity contribution in [1.82, 2.24) is 10.2 Å². The van der Waals surface area contributed by atoms with E-state index in [-0.39, 0.29) is 5.78 Å². The van der Waals surface area contributed by atoms with E-state index in [9.17, 15) is 4.79 Å². The van der Waals surface area contributed by atoms with Gasteiger partial charge in [0.25, 0.3) is 0 Å². The molecule has 1 aromatic carbocycles. The number of rotatable bonds is 4. The van der Waals surface area contributed by atoms with E-state index in [1.54, 1.807) is 7.11 Å². The summed E-state index contributed by atoms with van der Waals surface area (Å²) < 4.78 is 5.20. The van der Waals surface area contributed by atoms with Crippen LogP contribution < -0.4 is 10.1 Å². The monoisotopic (exact) mass is 276 g/mol. The van der Waals surface area contributed by atoms with Crippen LogP contribution in [-0.4, -0.2) is 49.5 Å². The summed E-state index contributed by atoms with van der Waals surface area (Å²) in [7, 11) is 1.64. The number of aryl methyl sites for hydroxylation is 1. The van der Waals surface area contributed by atoms with E-state index in [2.05, 4.69) is 10.2 Å². The molecule has 1 aliphatic heterocycles. The van der Waals surface area contributed by atoms with Gasteiger partial charge >= 0.3 is 0 Å². The Kier molecular flexibility index (Phi) is 4.45. The molecule has 0 saturated carbocycles. The molecular weight excluding hydrogens is 252 g/mol. The van der Waals surface area contributed by atoms with Gasteiger partial charge in [0.2, 0.25) is 0 Å². The minimum atomic E-state index is -0.471. The van der Waals surface area contributed by atoms with Gasteiger partial charge in [-0.1, -0.05) is 0 Å². The van der Waals surface area contributed by atoms with Crippen LogP contribution in [0.1, 0.15) is 29.8 Å². The number of ketones is 1. The third-order valence-electron chi connectivity index (χ3n) is 4.14. The lowest BCUT2D eigenvalue weighted by atomic mass is 9.88. The number of benzene rings is 1. The molecule has 0 atom stereocenters. The number of hydrogen-bond acceptors (Lipinski definition) is 4. The Balaban J connectivity index is 2.25. The lowest BCUT2D eigenvalue weighted by Gasteiger charge is -2.40. The van der Waals surface area contributed by atoms with Crippen molar-refractivity contribution in [3.8, 4) is 5.75 Å². The van der Waals surface area contributed by atoms with E-state index < -0.39 is 5.54 Å². The summed E-state index contributed by atoms with van der Waals surface area (Å²) in [5.41, 5.74) is 1.29. The van der Waals surface area contributed by atoms with E-state index in [0.29, 0.717) is 0 Å².